The zero-order valence-electron chi connectivity index (χ0n) is 13.4. The molecule has 4 heteroatoms. The van der Waals surface area contributed by atoms with Crippen molar-refractivity contribution in [3.63, 3.8) is 0 Å². The molecule has 1 amide bonds. The highest BCUT2D eigenvalue weighted by Gasteiger charge is 2.39. The Kier molecular flexibility index (Phi) is 5.23. The molecule has 1 fully saturated rings. The van der Waals surface area contributed by atoms with Gasteiger partial charge in [-0.05, 0) is 57.5 Å². The summed E-state index contributed by atoms with van der Waals surface area (Å²) >= 11 is 0. The van der Waals surface area contributed by atoms with Crippen molar-refractivity contribution in [2.45, 2.75) is 33.6 Å². The van der Waals surface area contributed by atoms with Crippen LogP contribution in [0.15, 0.2) is 24.3 Å². The van der Waals surface area contributed by atoms with Crippen LogP contribution in [0, 0.1) is 5.41 Å². The molecule has 4 nitrogen and oxygen atoms in total. The van der Waals surface area contributed by atoms with Gasteiger partial charge in [0.1, 0.15) is 0 Å². The van der Waals surface area contributed by atoms with Crippen LogP contribution in [0.3, 0.4) is 0 Å². The maximum Gasteiger partial charge on any atom is 0.231 e. The van der Waals surface area contributed by atoms with Gasteiger partial charge in [0.05, 0.1) is 5.41 Å². The topological polar surface area (TPSA) is 44.4 Å². The Balaban J connectivity index is 2.04. The maximum absolute atomic E-state index is 12.5. The standard InChI is InChI=1S/C17H27N3O/c1-4-17(11-12-18-13-17)16(21)19-14-7-9-15(10-8-14)20(5-2)6-3/h7-10,18H,4-6,11-13H2,1-3H3,(H,19,21). The van der Waals surface area contributed by atoms with Crippen LogP contribution in [0.4, 0.5) is 11.4 Å². The third-order valence-corrected chi connectivity index (χ3v) is 4.66. The Morgan fingerprint density at radius 1 is 1.24 bits per heavy atom. The Bertz CT molecular complexity index is 459. The van der Waals surface area contributed by atoms with Gasteiger partial charge in [0.15, 0.2) is 0 Å². The average molecular weight is 289 g/mol. The Morgan fingerprint density at radius 3 is 2.38 bits per heavy atom. The minimum atomic E-state index is -0.239. The van der Waals surface area contributed by atoms with Crippen LogP contribution < -0.4 is 15.5 Å². The lowest BCUT2D eigenvalue weighted by Gasteiger charge is -2.25. The zero-order valence-corrected chi connectivity index (χ0v) is 13.4. The molecule has 116 valence electrons. The molecule has 0 aromatic heterocycles. The van der Waals surface area contributed by atoms with Crippen LogP contribution in [0.5, 0.6) is 0 Å². The molecule has 1 saturated heterocycles. The van der Waals surface area contributed by atoms with Crippen molar-refractivity contribution in [3.8, 4) is 0 Å². The van der Waals surface area contributed by atoms with Crippen LogP contribution in [0.1, 0.15) is 33.6 Å². The number of nitrogens with zero attached hydrogens (tertiary/aromatic N) is 1. The molecule has 0 aliphatic carbocycles. The van der Waals surface area contributed by atoms with Crippen LogP contribution in [0.25, 0.3) is 0 Å². The van der Waals surface area contributed by atoms with E-state index >= 15 is 0 Å². The molecule has 1 aliphatic rings. The monoisotopic (exact) mass is 289 g/mol. The van der Waals surface area contributed by atoms with E-state index in [1.54, 1.807) is 0 Å². The average Bonchev–Trinajstić information content (AvgIpc) is 3.00. The molecule has 1 aromatic rings. The van der Waals surface area contributed by atoms with Crippen LogP contribution >= 0.6 is 0 Å². The first kappa shape index (κ1) is 15.8. The van der Waals surface area contributed by atoms with Crippen molar-refractivity contribution in [2.75, 3.05) is 36.4 Å². The highest BCUT2D eigenvalue weighted by atomic mass is 16.2. The summed E-state index contributed by atoms with van der Waals surface area (Å²) in [5, 5.41) is 6.38. The highest BCUT2D eigenvalue weighted by molar-refractivity contribution is 5.95. The van der Waals surface area contributed by atoms with E-state index in [4.69, 9.17) is 0 Å². The number of carbonyl (C=O) groups is 1. The van der Waals surface area contributed by atoms with Crippen molar-refractivity contribution in [3.05, 3.63) is 24.3 Å². The van der Waals surface area contributed by atoms with E-state index in [0.29, 0.717) is 0 Å². The van der Waals surface area contributed by atoms with Crippen LogP contribution in [-0.4, -0.2) is 32.1 Å². The van der Waals surface area contributed by atoms with E-state index in [1.165, 1.54) is 5.69 Å². The van der Waals surface area contributed by atoms with Gasteiger partial charge in [-0.1, -0.05) is 6.92 Å². The molecule has 1 atom stereocenters. The fourth-order valence-corrected chi connectivity index (χ4v) is 3.01. The fraction of sp³-hybridized carbons (Fsp3) is 0.588. The largest absolute Gasteiger partial charge is 0.372 e. The van der Waals surface area contributed by atoms with Crippen LogP contribution in [-0.2, 0) is 4.79 Å². The molecule has 1 heterocycles. The second kappa shape index (κ2) is 6.94. The van der Waals surface area contributed by atoms with Gasteiger partial charge in [0.2, 0.25) is 5.91 Å². The minimum Gasteiger partial charge on any atom is -0.372 e. The van der Waals surface area contributed by atoms with E-state index in [1.807, 2.05) is 12.1 Å². The Morgan fingerprint density at radius 2 is 1.90 bits per heavy atom. The highest BCUT2D eigenvalue weighted by Crippen LogP contribution is 2.31. The SMILES string of the molecule is CCN(CC)c1ccc(NC(=O)C2(CC)CCNC2)cc1. The first-order valence-corrected chi connectivity index (χ1v) is 8.02. The van der Waals surface area contributed by atoms with Crippen molar-refractivity contribution in [1.29, 1.82) is 0 Å². The molecule has 1 aromatic carbocycles. The predicted octanol–water partition coefficient (Wildman–Crippen LogP) is 2.86. The quantitative estimate of drug-likeness (QED) is 0.846. The second-order valence-corrected chi connectivity index (χ2v) is 5.73. The molecule has 0 spiro atoms. The number of hydrogen-bond donors (Lipinski definition) is 2. The smallest absolute Gasteiger partial charge is 0.231 e. The van der Waals surface area contributed by atoms with Crippen molar-refractivity contribution in [1.82, 2.24) is 5.32 Å². The van der Waals surface area contributed by atoms with Gasteiger partial charge in [-0.15, -0.1) is 0 Å². The maximum atomic E-state index is 12.5. The molecular formula is C17H27N3O. The molecule has 0 radical (unpaired) electrons. The van der Waals surface area contributed by atoms with Gasteiger partial charge in [-0.2, -0.15) is 0 Å². The first-order valence-electron chi connectivity index (χ1n) is 8.02. The first-order chi connectivity index (χ1) is 10.1. The number of benzene rings is 1. The van der Waals surface area contributed by atoms with Gasteiger partial charge in [-0.3, -0.25) is 4.79 Å². The van der Waals surface area contributed by atoms with Gasteiger partial charge < -0.3 is 15.5 Å². The third kappa shape index (κ3) is 3.38. The summed E-state index contributed by atoms with van der Waals surface area (Å²) in [7, 11) is 0. The molecule has 1 unspecified atom stereocenters. The second-order valence-electron chi connectivity index (χ2n) is 5.73. The molecule has 21 heavy (non-hydrogen) atoms. The zero-order chi connectivity index (χ0) is 15.3. The summed E-state index contributed by atoms with van der Waals surface area (Å²) in [6.45, 7) is 10.1. The van der Waals surface area contributed by atoms with E-state index in [-0.39, 0.29) is 11.3 Å². The summed E-state index contributed by atoms with van der Waals surface area (Å²) in [6, 6.07) is 8.15. The van der Waals surface area contributed by atoms with Crippen molar-refractivity contribution >= 4 is 17.3 Å². The normalized spacial score (nSPS) is 21.3. The Hall–Kier alpha value is -1.55. The molecule has 2 N–H and O–H groups in total. The number of anilines is 2. The summed E-state index contributed by atoms with van der Waals surface area (Å²) in [6.07, 6.45) is 1.80. The molecular weight excluding hydrogens is 262 g/mol. The number of amides is 1. The van der Waals surface area contributed by atoms with Gasteiger partial charge in [-0.25, -0.2) is 0 Å². The summed E-state index contributed by atoms with van der Waals surface area (Å²) in [5.41, 5.74) is 1.85. The molecule has 2 rings (SSSR count). The number of carbonyl (C=O) groups excluding carboxylic acids is 1. The van der Waals surface area contributed by atoms with E-state index in [2.05, 4.69) is 48.4 Å². The lowest BCUT2D eigenvalue weighted by molar-refractivity contribution is -0.124. The molecule has 1 aliphatic heterocycles. The van der Waals surface area contributed by atoms with Crippen LogP contribution in [0.2, 0.25) is 0 Å². The van der Waals surface area contributed by atoms with E-state index < -0.39 is 0 Å². The van der Waals surface area contributed by atoms with E-state index in [9.17, 15) is 4.79 Å². The van der Waals surface area contributed by atoms with Gasteiger partial charge >= 0.3 is 0 Å². The third-order valence-electron chi connectivity index (χ3n) is 4.66. The lowest BCUT2D eigenvalue weighted by atomic mass is 9.83. The van der Waals surface area contributed by atoms with Crippen molar-refractivity contribution in [2.24, 2.45) is 5.41 Å². The number of hydrogen-bond acceptors (Lipinski definition) is 3. The lowest BCUT2D eigenvalue weighted by Crippen LogP contribution is -2.37. The fourth-order valence-electron chi connectivity index (χ4n) is 3.01. The Labute approximate surface area is 127 Å². The molecule has 0 bridgehead atoms. The molecule has 0 saturated carbocycles. The minimum absolute atomic E-state index is 0.144. The summed E-state index contributed by atoms with van der Waals surface area (Å²) in [5.74, 6) is 0.144. The van der Waals surface area contributed by atoms with Gasteiger partial charge in [0, 0.05) is 31.0 Å². The number of nitrogens with one attached hydrogen (secondary N) is 2. The van der Waals surface area contributed by atoms with E-state index in [0.717, 1.165) is 44.7 Å². The predicted molar refractivity (Wildman–Crippen MR) is 88.8 cm³/mol. The van der Waals surface area contributed by atoms with Gasteiger partial charge in [0.25, 0.3) is 0 Å². The van der Waals surface area contributed by atoms with Crippen molar-refractivity contribution < 1.29 is 4.79 Å². The number of rotatable bonds is 6. The summed E-state index contributed by atoms with van der Waals surface area (Å²) in [4.78, 5) is 14.8. The summed E-state index contributed by atoms with van der Waals surface area (Å²) < 4.78 is 0.